The maximum atomic E-state index is 12.9. The lowest BCUT2D eigenvalue weighted by Gasteiger charge is -2.28. The molecule has 9 N–H and O–H groups in total. The van der Waals surface area contributed by atoms with Gasteiger partial charge in [-0.25, -0.2) is 4.79 Å². The van der Waals surface area contributed by atoms with Crippen LogP contribution in [0, 0.1) is 11.8 Å². The molecule has 0 saturated carbocycles. The van der Waals surface area contributed by atoms with Crippen molar-refractivity contribution in [2.24, 2.45) is 23.3 Å². The van der Waals surface area contributed by atoms with Crippen molar-refractivity contribution in [3.05, 3.63) is 0 Å². The van der Waals surface area contributed by atoms with Crippen molar-refractivity contribution < 1.29 is 34.2 Å². The molecule has 0 rings (SSSR count). The van der Waals surface area contributed by atoms with E-state index in [0.717, 1.165) is 0 Å². The summed E-state index contributed by atoms with van der Waals surface area (Å²) in [5.74, 6) is -4.89. The molecule has 184 valence electrons. The van der Waals surface area contributed by atoms with Crippen molar-refractivity contribution >= 4 is 29.6 Å². The highest BCUT2D eigenvalue weighted by Gasteiger charge is 2.33. The second-order valence-corrected chi connectivity index (χ2v) is 7.94. The zero-order valence-corrected chi connectivity index (χ0v) is 19.1. The van der Waals surface area contributed by atoms with Crippen LogP contribution in [0.4, 0.5) is 0 Å². The molecule has 12 heteroatoms. The Labute approximate surface area is 187 Å². The summed E-state index contributed by atoms with van der Waals surface area (Å²) < 4.78 is 0. The van der Waals surface area contributed by atoms with Crippen LogP contribution in [0.1, 0.15) is 53.4 Å². The van der Waals surface area contributed by atoms with Crippen molar-refractivity contribution in [1.29, 1.82) is 0 Å². The highest BCUT2D eigenvalue weighted by atomic mass is 16.4. The number of carboxylic acids is 1. The van der Waals surface area contributed by atoms with Gasteiger partial charge in [-0.1, -0.05) is 40.5 Å². The van der Waals surface area contributed by atoms with Crippen LogP contribution in [0.3, 0.4) is 0 Å². The van der Waals surface area contributed by atoms with Gasteiger partial charge < -0.3 is 37.6 Å². The average molecular weight is 460 g/mol. The van der Waals surface area contributed by atoms with Crippen LogP contribution in [0.25, 0.3) is 0 Å². The van der Waals surface area contributed by atoms with Gasteiger partial charge in [-0.2, -0.15) is 0 Å². The van der Waals surface area contributed by atoms with Crippen molar-refractivity contribution in [2.75, 3.05) is 6.61 Å². The summed E-state index contributed by atoms with van der Waals surface area (Å²) in [6.45, 7) is 6.32. The lowest BCUT2D eigenvalue weighted by molar-refractivity contribution is -0.144. The predicted octanol–water partition coefficient (Wildman–Crippen LogP) is -1.80. The molecule has 0 aliphatic heterocycles. The molecule has 0 aliphatic rings. The molecule has 32 heavy (non-hydrogen) atoms. The van der Waals surface area contributed by atoms with E-state index in [4.69, 9.17) is 16.6 Å². The number of nitrogens with one attached hydrogen (secondary N) is 3. The summed E-state index contributed by atoms with van der Waals surface area (Å²) in [5, 5.41) is 25.8. The summed E-state index contributed by atoms with van der Waals surface area (Å²) in [5.41, 5.74) is 10.7. The Hall–Kier alpha value is -2.73. The highest BCUT2D eigenvalue weighted by molar-refractivity contribution is 5.94. The zero-order valence-electron chi connectivity index (χ0n) is 19.1. The molecular formula is C20H37N5O7. The Balaban J connectivity index is 5.64. The van der Waals surface area contributed by atoms with E-state index in [0.29, 0.717) is 12.8 Å². The number of amides is 4. The third kappa shape index (κ3) is 9.60. The largest absolute Gasteiger partial charge is 0.480 e. The lowest BCUT2D eigenvalue weighted by atomic mass is 9.96. The number of carboxylic acid groups (broad SMARTS) is 1. The Kier molecular flexibility index (Phi) is 13.1. The number of hydrogen-bond acceptors (Lipinski definition) is 7. The SMILES string of the molecule is CCC(C)C(NC(=O)C(CCC(N)=O)NC(=O)C(NC(=O)C(N)CO)C(C)CC)C(=O)O. The smallest absolute Gasteiger partial charge is 0.326 e. The van der Waals surface area contributed by atoms with Crippen LogP contribution in [0.15, 0.2) is 0 Å². The number of primary amides is 1. The highest BCUT2D eigenvalue weighted by Crippen LogP contribution is 2.11. The minimum absolute atomic E-state index is 0.156. The molecule has 6 unspecified atom stereocenters. The fourth-order valence-corrected chi connectivity index (χ4v) is 2.80. The van der Waals surface area contributed by atoms with Crippen molar-refractivity contribution in [2.45, 2.75) is 77.5 Å². The lowest BCUT2D eigenvalue weighted by Crippen LogP contribution is -2.59. The molecule has 0 spiro atoms. The molecule has 0 aromatic carbocycles. The standard InChI is InChI=1S/C20H37N5O7/c1-5-10(3)15(24-17(28)12(21)9-26)19(30)23-13(7-8-14(22)27)18(29)25-16(20(31)32)11(4)6-2/h10-13,15-16,26H,5-9,21H2,1-4H3,(H2,22,27)(H,23,30)(H,24,28)(H,25,29)(H,31,32). The number of aliphatic hydroxyl groups is 1. The number of aliphatic carboxylic acids is 1. The molecular weight excluding hydrogens is 422 g/mol. The molecule has 0 aliphatic carbocycles. The van der Waals surface area contributed by atoms with Crippen molar-refractivity contribution in [3.63, 3.8) is 0 Å². The molecule has 0 aromatic rings. The van der Waals surface area contributed by atoms with Gasteiger partial charge in [0, 0.05) is 6.42 Å². The van der Waals surface area contributed by atoms with Crippen LogP contribution in [0.2, 0.25) is 0 Å². The van der Waals surface area contributed by atoms with Gasteiger partial charge in [-0.05, 0) is 18.3 Å². The zero-order chi connectivity index (χ0) is 25.0. The molecule has 4 amide bonds. The topological polar surface area (TPSA) is 214 Å². The third-order valence-electron chi connectivity index (χ3n) is 5.42. The van der Waals surface area contributed by atoms with E-state index in [1.165, 1.54) is 0 Å². The number of rotatable bonds is 15. The number of hydrogen-bond donors (Lipinski definition) is 7. The first-order chi connectivity index (χ1) is 14.9. The van der Waals surface area contributed by atoms with E-state index < -0.39 is 60.4 Å². The summed E-state index contributed by atoms with van der Waals surface area (Å²) in [6, 6.07) is -4.74. The third-order valence-corrected chi connectivity index (χ3v) is 5.42. The predicted molar refractivity (Wildman–Crippen MR) is 116 cm³/mol. The summed E-state index contributed by atoms with van der Waals surface area (Å²) in [4.78, 5) is 60.6. The van der Waals surface area contributed by atoms with Gasteiger partial charge in [-0.15, -0.1) is 0 Å². The van der Waals surface area contributed by atoms with Crippen LogP contribution < -0.4 is 27.4 Å². The molecule has 0 aromatic heterocycles. The van der Waals surface area contributed by atoms with Crippen molar-refractivity contribution in [1.82, 2.24) is 16.0 Å². The normalized spacial score (nSPS) is 16.6. The van der Waals surface area contributed by atoms with E-state index in [2.05, 4.69) is 16.0 Å². The van der Waals surface area contributed by atoms with E-state index >= 15 is 0 Å². The number of nitrogens with two attached hydrogens (primary N) is 2. The van der Waals surface area contributed by atoms with Crippen LogP contribution >= 0.6 is 0 Å². The number of carbonyl (C=O) groups excluding carboxylic acids is 4. The monoisotopic (exact) mass is 459 g/mol. The van der Waals surface area contributed by atoms with E-state index in [-0.39, 0.29) is 24.7 Å². The summed E-state index contributed by atoms with van der Waals surface area (Å²) in [7, 11) is 0. The molecule has 0 radical (unpaired) electrons. The second kappa shape index (κ2) is 14.4. The van der Waals surface area contributed by atoms with Gasteiger partial charge in [-0.3, -0.25) is 19.2 Å². The van der Waals surface area contributed by atoms with E-state index in [1.54, 1.807) is 27.7 Å². The fourth-order valence-electron chi connectivity index (χ4n) is 2.80. The molecule has 6 atom stereocenters. The molecule has 0 bridgehead atoms. The Morgan fingerprint density at radius 2 is 1.34 bits per heavy atom. The first-order valence-corrected chi connectivity index (χ1v) is 10.7. The maximum Gasteiger partial charge on any atom is 0.326 e. The summed E-state index contributed by atoms with van der Waals surface area (Å²) in [6.07, 6.45) is 0.606. The molecule has 0 heterocycles. The molecule has 0 saturated heterocycles. The number of aliphatic hydroxyl groups excluding tert-OH is 1. The van der Waals surface area contributed by atoms with Crippen LogP contribution in [0.5, 0.6) is 0 Å². The Bertz CT molecular complexity index is 673. The summed E-state index contributed by atoms with van der Waals surface area (Å²) >= 11 is 0. The Morgan fingerprint density at radius 1 is 0.844 bits per heavy atom. The average Bonchev–Trinajstić information content (AvgIpc) is 2.75. The van der Waals surface area contributed by atoms with Crippen LogP contribution in [-0.2, 0) is 24.0 Å². The van der Waals surface area contributed by atoms with Gasteiger partial charge in [0.05, 0.1) is 6.61 Å². The number of carbonyl (C=O) groups is 5. The minimum Gasteiger partial charge on any atom is -0.480 e. The van der Waals surface area contributed by atoms with Crippen LogP contribution in [-0.4, -0.2) is 70.6 Å². The van der Waals surface area contributed by atoms with Gasteiger partial charge in [0.15, 0.2) is 0 Å². The van der Waals surface area contributed by atoms with E-state index in [9.17, 15) is 29.1 Å². The maximum absolute atomic E-state index is 12.9. The van der Waals surface area contributed by atoms with E-state index in [1.807, 2.05) is 0 Å². The van der Waals surface area contributed by atoms with Gasteiger partial charge in [0.25, 0.3) is 0 Å². The second-order valence-electron chi connectivity index (χ2n) is 7.94. The van der Waals surface area contributed by atoms with Crippen molar-refractivity contribution in [3.8, 4) is 0 Å². The van der Waals surface area contributed by atoms with Gasteiger partial charge in [0.2, 0.25) is 23.6 Å². The van der Waals surface area contributed by atoms with Gasteiger partial charge >= 0.3 is 5.97 Å². The first-order valence-electron chi connectivity index (χ1n) is 10.7. The fraction of sp³-hybridized carbons (Fsp3) is 0.750. The minimum atomic E-state index is -1.25. The first kappa shape index (κ1) is 29.3. The van der Waals surface area contributed by atoms with Gasteiger partial charge in [0.1, 0.15) is 24.2 Å². The Morgan fingerprint density at radius 3 is 1.78 bits per heavy atom. The quantitative estimate of drug-likeness (QED) is 0.148. The molecule has 12 nitrogen and oxygen atoms in total. The molecule has 0 fully saturated rings.